The fourth-order valence-electron chi connectivity index (χ4n) is 3.18. The summed E-state index contributed by atoms with van der Waals surface area (Å²) in [5, 5.41) is 21.6. The van der Waals surface area contributed by atoms with Gasteiger partial charge in [0.05, 0.1) is 9.85 Å². The first-order valence-electron chi connectivity index (χ1n) is 8.93. The minimum Gasteiger partial charge on any atom is -0.336 e. The summed E-state index contributed by atoms with van der Waals surface area (Å²) in [6.45, 7) is 3.35. The van der Waals surface area contributed by atoms with E-state index in [0.29, 0.717) is 31.7 Å². The van der Waals surface area contributed by atoms with Crippen LogP contribution in [0.3, 0.4) is 0 Å². The zero-order valence-electron chi connectivity index (χ0n) is 15.2. The van der Waals surface area contributed by atoms with Crippen LogP contribution in [0, 0.1) is 20.2 Å². The number of rotatable bonds is 6. The SMILES string of the molecule is O=C(c1cccc([N+](=O)[O-])c1)N1CCN(CCc2ccc([N+](=O)[O-])cc2)CC1. The third-order valence-corrected chi connectivity index (χ3v) is 4.83. The Morgan fingerprint density at radius 3 is 2.14 bits per heavy atom. The maximum Gasteiger partial charge on any atom is 0.270 e. The molecule has 0 spiro atoms. The van der Waals surface area contributed by atoms with Gasteiger partial charge in [0.25, 0.3) is 17.3 Å². The lowest BCUT2D eigenvalue weighted by molar-refractivity contribution is -0.385. The molecule has 0 aliphatic carbocycles. The Hall–Kier alpha value is -3.33. The summed E-state index contributed by atoms with van der Waals surface area (Å²) in [4.78, 5) is 37.2. The van der Waals surface area contributed by atoms with E-state index in [1.165, 1.54) is 30.3 Å². The normalized spacial score (nSPS) is 14.6. The largest absolute Gasteiger partial charge is 0.336 e. The molecule has 1 aliphatic heterocycles. The van der Waals surface area contributed by atoms with E-state index in [0.717, 1.165) is 18.5 Å². The number of benzene rings is 2. The van der Waals surface area contributed by atoms with Gasteiger partial charge in [-0.25, -0.2) is 0 Å². The van der Waals surface area contributed by atoms with Crippen LogP contribution in [-0.2, 0) is 6.42 Å². The molecule has 0 bridgehead atoms. The van der Waals surface area contributed by atoms with Crippen LogP contribution in [0.2, 0.25) is 0 Å². The van der Waals surface area contributed by atoms with Crippen molar-refractivity contribution in [2.24, 2.45) is 0 Å². The van der Waals surface area contributed by atoms with E-state index >= 15 is 0 Å². The zero-order valence-corrected chi connectivity index (χ0v) is 15.2. The van der Waals surface area contributed by atoms with Crippen LogP contribution in [0.25, 0.3) is 0 Å². The van der Waals surface area contributed by atoms with Crippen LogP contribution in [0.15, 0.2) is 48.5 Å². The standard InChI is InChI=1S/C19H20N4O5/c24-19(16-2-1-3-18(14-16)23(27)28)21-12-10-20(11-13-21)9-8-15-4-6-17(7-5-15)22(25)26/h1-7,14H,8-13H2. The first kappa shape index (κ1) is 19.4. The fraction of sp³-hybridized carbons (Fsp3) is 0.316. The molecule has 2 aromatic carbocycles. The Bertz CT molecular complexity index is 876. The zero-order chi connectivity index (χ0) is 20.1. The van der Waals surface area contributed by atoms with Gasteiger partial charge in [0.15, 0.2) is 0 Å². The van der Waals surface area contributed by atoms with E-state index in [1.807, 2.05) is 0 Å². The molecule has 0 atom stereocenters. The molecule has 1 amide bonds. The van der Waals surface area contributed by atoms with Gasteiger partial charge in [-0.1, -0.05) is 18.2 Å². The maximum atomic E-state index is 12.6. The lowest BCUT2D eigenvalue weighted by Gasteiger charge is -2.34. The summed E-state index contributed by atoms with van der Waals surface area (Å²) in [5.74, 6) is -0.196. The van der Waals surface area contributed by atoms with E-state index in [4.69, 9.17) is 0 Å². The smallest absolute Gasteiger partial charge is 0.270 e. The molecule has 0 N–H and O–H groups in total. The highest BCUT2D eigenvalue weighted by Crippen LogP contribution is 2.16. The van der Waals surface area contributed by atoms with Crippen molar-refractivity contribution in [2.45, 2.75) is 6.42 Å². The number of hydrogen-bond acceptors (Lipinski definition) is 6. The summed E-state index contributed by atoms with van der Waals surface area (Å²) in [7, 11) is 0. The number of nitrogens with zero attached hydrogens (tertiary/aromatic N) is 4. The van der Waals surface area contributed by atoms with Crippen LogP contribution in [0.5, 0.6) is 0 Å². The number of amides is 1. The van der Waals surface area contributed by atoms with Crippen molar-refractivity contribution in [3.8, 4) is 0 Å². The Kier molecular flexibility index (Phi) is 5.95. The van der Waals surface area contributed by atoms with Gasteiger partial charge in [0, 0.05) is 62.6 Å². The van der Waals surface area contributed by atoms with Crippen LogP contribution in [-0.4, -0.2) is 58.3 Å². The molecular weight excluding hydrogens is 364 g/mol. The monoisotopic (exact) mass is 384 g/mol. The molecule has 28 heavy (non-hydrogen) atoms. The van der Waals surface area contributed by atoms with Gasteiger partial charge in [-0.15, -0.1) is 0 Å². The minimum atomic E-state index is -0.507. The van der Waals surface area contributed by atoms with Crippen molar-refractivity contribution in [3.63, 3.8) is 0 Å². The van der Waals surface area contributed by atoms with Crippen molar-refractivity contribution in [2.75, 3.05) is 32.7 Å². The fourth-order valence-corrected chi connectivity index (χ4v) is 3.18. The number of nitro benzene ring substituents is 2. The second-order valence-electron chi connectivity index (χ2n) is 6.61. The molecule has 0 radical (unpaired) electrons. The van der Waals surface area contributed by atoms with Crippen molar-refractivity contribution in [1.82, 2.24) is 9.80 Å². The molecule has 0 saturated carbocycles. The van der Waals surface area contributed by atoms with Gasteiger partial charge in [-0.05, 0) is 18.1 Å². The number of non-ortho nitro benzene ring substituents is 2. The molecule has 0 aromatic heterocycles. The van der Waals surface area contributed by atoms with Gasteiger partial charge < -0.3 is 4.90 Å². The highest BCUT2D eigenvalue weighted by atomic mass is 16.6. The Morgan fingerprint density at radius 2 is 1.54 bits per heavy atom. The summed E-state index contributed by atoms with van der Waals surface area (Å²) in [6.07, 6.45) is 0.775. The minimum absolute atomic E-state index is 0.0806. The highest BCUT2D eigenvalue weighted by Gasteiger charge is 2.23. The van der Waals surface area contributed by atoms with Gasteiger partial charge in [0.2, 0.25) is 0 Å². The van der Waals surface area contributed by atoms with Crippen molar-refractivity contribution in [1.29, 1.82) is 0 Å². The molecular formula is C19H20N4O5. The summed E-state index contributed by atoms with van der Waals surface area (Å²) >= 11 is 0. The highest BCUT2D eigenvalue weighted by molar-refractivity contribution is 5.94. The van der Waals surface area contributed by atoms with E-state index in [-0.39, 0.29) is 17.3 Å². The van der Waals surface area contributed by atoms with E-state index < -0.39 is 9.85 Å². The van der Waals surface area contributed by atoms with Crippen LogP contribution >= 0.6 is 0 Å². The number of piperazine rings is 1. The molecule has 9 nitrogen and oxygen atoms in total. The van der Waals surface area contributed by atoms with Crippen LogP contribution in [0.1, 0.15) is 15.9 Å². The lowest BCUT2D eigenvalue weighted by atomic mass is 10.1. The second-order valence-corrected chi connectivity index (χ2v) is 6.61. The quantitative estimate of drug-likeness (QED) is 0.559. The second kappa shape index (κ2) is 8.57. The summed E-state index contributed by atoms with van der Waals surface area (Å²) in [6, 6.07) is 12.3. The first-order valence-corrected chi connectivity index (χ1v) is 8.93. The third-order valence-electron chi connectivity index (χ3n) is 4.83. The third kappa shape index (κ3) is 4.68. The van der Waals surface area contributed by atoms with Gasteiger partial charge in [-0.3, -0.25) is 29.9 Å². The lowest BCUT2D eigenvalue weighted by Crippen LogP contribution is -2.49. The molecule has 3 rings (SSSR count). The predicted octanol–water partition coefficient (Wildman–Crippen LogP) is 2.50. The molecule has 146 valence electrons. The van der Waals surface area contributed by atoms with Crippen molar-refractivity contribution >= 4 is 17.3 Å². The van der Waals surface area contributed by atoms with Crippen LogP contribution in [0.4, 0.5) is 11.4 Å². The van der Waals surface area contributed by atoms with Crippen LogP contribution < -0.4 is 0 Å². The Morgan fingerprint density at radius 1 is 0.893 bits per heavy atom. The Balaban J connectivity index is 1.50. The molecule has 1 fully saturated rings. The van der Waals surface area contributed by atoms with Gasteiger partial charge >= 0.3 is 0 Å². The number of carbonyl (C=O) groups excluding carboxylic acids is 1. The molecule has 1 aliphatic rings. The number of carbonyl (C=O) groups is 1. The van der Waals surface area contributed by atoms with E-state index in [9.17, 15) is 25.0 Å². The van der Waals surface area contributed by atoms with Gasteiger partial charge in [0.1, 0.15) is 0 Å². The number of hydrogen-bond donors (Lipinski definition) is 0. The van der Waals surface area contributed by atoms with Crippen molar-refractivity contribution < 1.29 is 14.6 Å². The topological polar surface area (TPSA) is 110 Å². The molecule has 9 heteroatoms. The molecule has 2 aromatic rings. The van der Waals surface area contributed by atoms with Crippen molar-refractivity contribution in [3.05, 3.63) is 79.9 Å². The Labute approximate surface area is 161 Å². The molecule has 1 saturated heterocycles. The molecule has 0 unspecified atom stereocenters. The van der Waals surface area contributed by atoms with Gasteiger partial charge in [-0.2, -0.15) is 0 Å². The van der Waals surface area contributed by atoms with E-state index in [1.54, 1.807) is 23.1 Å². The predicted molar refractivity (Wildman–Crippen MR) is 102 cm³/mol. The summed E-state index contributed by atoms with van der Waals surface area (Å²) in [5.41, 5.74) is 1.35. The first-order chi connectivity index (χ1) is 13.4. The average molecular weight is 384 g/mol. The summed E-state index contributed by atoms with van der Waals surface area (Å²) < 4.78 is 0. The van der Waals surface area contributed by atoms with E-state index in [2.05, 4.69) is 4.90 Å². The number of nitro groups is 2. The maximum absolute atomic E-state index is 12.6. The molecule has 1 heterocycles. The average Bonchev–Trinajstić information content (AvgIpc) is 2.72.